The Labute approximate surface area is 141 Å². The van der Waals surface area contributed by atoms with E-state index in [0.29, 0.717) is 12.3 Å². The van der Waals surface area contributed by atoms with Crippen LogP contribution in [0.1, 0.15) is 11.3 Å². The minimum atomic E-state index is -4.79. The fraction of sp³-hybridized carbons (Fsp3) is 0.143. The zero-order valence-corrected chi connectivity index (χ0v) is 12.6. The highest BCUT2D eigenvalue weighted by molar-refractivity contribution is 5.89. The minimum absolute atomic E-state index is 0.199. The van der Waals surface area contributed by atoms with E-state index in [0.717, 1.165) is 0 Å². The quantitative estimate of drug-likeness (QED) is 0.478. The number of nitrogen functional groups attached to an aromatic ring is 1. The van der Waals surface area contributed by atoms with Gasteiger partial charge in [-0.25, -0.2) is 18.0 Å². The van der Waals surface area contributed by atoms with Gasteiger partial charge in [-0.2, -0.15) is 13.2 Å². The van der Waals surface area contributed by atoms with Crippen LogP contribution in [0.4, 0.5) is 48.2 Å². The number of aromatic nitrogens is 1. The molecule has 26 heavy (non-hydrogen) atoms. The van der Waals surface area contributed by atoms with Crippen LogP contribution in [0, 0.1) is 17.5 Å². The van der Waals surface area contributed by atoms with Crippen molar-refractivity contribution in [1.29, 1.82) is 0 Å². The average Bonchev–Trinajstić information content (AvgIpc) is 2.52. The summed E-state index contributed by atoms with van der Waals surface area (Å²) in [7, 11) is 0. The van der Waals surface area contributed by atoms with Crippen LogP contribution in [0.3, 0.4) is 0 Å². The van der Waals surface area contributed by atoms with Crippen LogP contribution in [0.5, 0.6) is 0 Å². The zero-order valence-electron chi connectivity index (χ0n) is 12.6. The summed E-state index contributed by atoms with van der Waals surface area (Å²) in [5.41, 5.74) is 1.42. The van der Waals surface area contributed by atoms with E-state index < -0.39 is 64.6 Å². The van der Waals surface area contributed by atoms with Crippen LogP contribution in [0.2, 0.25) is 0 Å². The van der Waals surface area contributed by atoms with Crippen molar-refractivity contribution < 1.29 is 36.2 Å². The molecule has 0 aliphatic heterocycles. The fourth-order valence-corrected chi connectivity index (χ4v) is 1.94. The number of carboxylic acid groups (broad SMARTS) is 1. The molecule has 0 saturated carbocycles. The highest BCUT2D eigenvalue weighted by atomic mass is 19.4. The molecule has 0 aliphatic carbocycles. The summed E-state index contributed by atoms with van der Waals surface area (Å²) in [5, 5.41) is 12.4. The first-order valence-electron chi connectivity index (χ1n) is 6.73. The van der Waals surface area contributed by atoms with Crippen LogP contribution in [-0.4, -0.2) is 16.2 Å². The summed E-state index contributed by atoms with van der Waals surface area (Å²) >= 11 is 0. The van der Waals surface area contributed by atoms with Gasteiger partial charge in [0.2, 0.25) is 0 Å². The van der Waals surface area contributed by atoms with Crippen LogP contribution < -0.4 is 16.4 Å². The van der Waals surface area contributed by atoms with Crippen molar-refractivity contribution in [3.05, 3.63) is 47.0 Å². The molecule has 140 valence electrons. The predicted octanol–water partition coefficient (Wildman–Crippen LogP) is 3.80. The van der Waals surface area contributed by atoms with Crippen molar-refractivity contribution in [3.8, 4) is 0 Å². The molecule has 0 spiro atoms. The summed E-state index contributed by atoms with van der Waals surface area (Å²) < 4.78 is 79.0. The Morgan fingerprint density at radius 2 is 1.85 bits per heavy atom. The highest BCUT2D eigenvalue weighted by Crippen LogP contribution is 2.32. The molecule has 0 saturated heterocycles. The number of hydrogen-bond donors (Lipinski definition) is 4. The number of halogens is 6. The Hall–Kier alpha value is -3.18. The van der Waals surface area contributed by atoms with Gasteiger partial charge in [0.05, 0.1) is 29.2 Å². The summed E-state index contributed by atoms with van der Waals surface area (Å²) in [5.74, 6) is -3.95. The predicted molar refractivity (Wildman–Crippen MR) is 78.9 cm³/mol. The van der Waals surface area contributed by atoms with Gasteiger partial charge in [0.15, 0.2) is 11.6 Å². The van der Waals surface area contributed by atoms with Crippen molar-refractivity contribution in [2.24, 2.45) is 0 Å². The molecular formula is C14H10F6N4O2. The largest absolute Gasteiger partial charge is 0.465 e. The van der Waals surface area contributed by atoms with Gasteiger partial charge in [0, 0.05) is 12.3 Å². The summed E-state index contributed by atoms with van der Waals surface area (Å²) in [6.45, 7) is -0.650. The number of nitrogens with two attached hydrogens (primary N) is 1. The topological polar surface area (TPSA) is 100 Å². The zero-order chi connectivity index (χ0) is 19.6. The molecular weight excluding hydrogens is 370 g/mol. The molecule has 0 aliphatic rings. The summed E-state index contributed by atoms with van der Waals surface area (Å²) in [4.78, 5) is 13.8. The number of hydrogen-bond acceptors (Lipinski definition) is 4. The SMILES string of the molecule is Nc1c(NC(=O)O)cc(F)c(NCc2ncc(C(F)(F)F)cc2F)c1F. The van der Waals surface area contributed by atoms with Gasteiger partial charge >= 0.3 is 12.3 Å². The number of rotatable bonds is 4. The van der Waals surface area contributed by atoms with E-state index in [1.807, 2.05) is 0 Å². The first-order valence-corrected chi connectivity index (χ1v) is 6.73. The van der Waals surface area contributed by atoms with Gasteiger partial charge in [-0.15, -0.1) is 0 Å². The lowest BCUT2D eigenvalue weighted by Crippen LogP contribution is -2.14. The lowest BCUT2D eigenvalue weighted by molar-refractivity contribution is -0.138. The molecule has 1 heterocycles. The molecule has 1 aromatic heterocycles. The average molecular weight is 380 g/mol. The molecule has 5 N–H and O–H groups in total. The number of benzene rings is 1. The van der Waals surface area contributed by atoms with E-state index in [4.69, 9.17) is 10.8 Å². The van der Waals surface area contributed by atoms with Crippen LogP contribution in [-0.2, 0) is 12.7 Å². The van der Waals surface area contributed by atoms with E-state index >= 15 is 0 Å². The number of nitrogens with zero attached hydrogens (tertiary/aromatic N) is 1. The third-order valence-corrected chi connectivity index (χ3v) is 3.17. The van der Waals surface area contributed by atoms with E-state index in [9.17, 15) is 31.1 Å². The number of carbonyl (C=O) groups is 1. The van der Waals surface area contributed by atoms with Crippen molar-refractivity contribution in [2.45, 2.75) is 12.7 Å². The van der Waals surface area contributed by atoms with Gasteiger partial charge in [-0.05, 0) is 6.07 Å². The van der Waals surface area contributed by atoms with Crippen molar-refractivity contribution in [1.82, 2.24) is 4.98 Å². The number of amides is 1. The standard InChI is InChI=1S/C14H10F6N4O2/c15-6-1-5(14(18,19)20)3-22-9(6)4-23-12-7(16)2-8(24-13(25)26)11(21)10(12)17/h1-3,23-24H,4,21H2,(H,25,26). The monoisotopic (exact) mass is 380 g/mol. The Balaban J connectivity index is 2.25. The van der Waals surface area contributed by atoms with Gasteiger partial charge in [-0.1, -0.05) is 0 Å². The molecule has 0 bridgehead atoms. The second kappa shape index (κ2) is 6.98. The van der Waals surface area contributed by atoms with Gasteiger partial charge in [0.1, 0.15) is 11.5 Å². The Kier molecular flexibility index (Phi) is 5.14. The number of pyridine rings is 1. The highest BCUT2D eigenvalue weighted by Gasteiger charge is 2.32. The van der Waals surface area contributed by atoms with E-state index in [2.05, 4.69) is 10.3 Å². The van der Waals surface area contributed by atoms with E-state index in [-0.39, 0.29) is 6.07 Å². The molecule has 2 rings (SSSR count). The molecule has 2 aromatic rings. The molecule has 0 atom stereocenters. The Morgan fingerprint density at radius 1 is 1.19 bits per heavy atom. The second-order valence-corrected chi connectivity index (χ2v) is 4.94. The van der Waals surface area contributed by atoms with Crippen molar-refractivity contribution in [2.75, 3.05) is 16.4 Å². The molecule has 12 heteroatoms. The van der Waals surface area contributed by atoms with Gasteiger partial charge in [-0.3, -0.25) is 10.3 Å². The molecule has 1 amide bonds. The number of anilines is 3. The normalized spacial score (nSPS) is 11.3. The van der Waals surface area contributed by atoms with Crippen LogP contribution in [0.15, 0.2) is 18.3 Å². The van der Waals surface area contributed by atoms with Crippen molar-refractivity contribution in [3.63, 3.8) is 0 Å². The maximum absolute atomic E-state index is 14.1. The van der Waals surface area contributed by atoms with E-state index in [1.165, 1.54) is 0 Å². The van der Waals surface area contributed by atoms with Crippen LogP contribution in [0.25, 0.3) is 0 Å². The molecule has 0 radical (unpaired) electrons. The summed E-state index contributed by atoms with van der Waals surface area (Å²) in [6, 6.07) is 0.788. The lowest BCUT2D eigenvalue weighted by Gasteiger charge is -2.14. The first kappa shape index (κ1) is 19.1. The maximum atomic E-state index is 14.1. The number of nitrogens with one attached hydrogen (secondary N) is 2. The maximum Gasteiger partial charge on any atom is 0.417 e. The molecule has 1 aromatic carbocycles. The van der Waals surface area contributed by atoms with Gasteiger partial charge < -0.3 is 16.2 Å². The molecule has 0 fully saturated rings. The summed E-state index contributed by atoms with van der Waals surface area (Å²) in [6.07, 6.45) is -6.02. The minimum Gasteiger partial charge on any atom is -0.465 e. The van der Waals surface area contributed by atoms with Crippen molar-refractivity contribution >= 4 is 23.2 Å². The van der Waals surface area contributed by atoms with E-state index in [1.54, 1.807) is 5.32 Å². The third-order valence-electron chi connectivity index (χ3n) is 3.17. The third kappa shape index (κ3) is 4.07. The molecule has 0 unspecified atom stereocenters. The Bertz CT molecular complexity index is 856. The fourth-order valence-electron chi connectivity index (χ4n) is 1.94. The van der Waals surface area contributed by atoms with Crippen LogP contribution >= 0.6 is 0 Å². The first-order chi connectivity index (χ1) is 12.0. The van der Waals surface area contributed by atoms with Gasteiger partial charge in [0.25, 0.3) is 0 Å². The molecule has 6 nitrogen and oxygen atoms in total. The lowest BCUT2D eigenvalue weighted by atomic mass is 10.2. The number of alkyl halides is 3. The second-order valence-electron chi connectivity index (χ2n) is 4.94. The smallest absolute Gasteiger partial charge is 0.417 e. The Morgan fingerprint density at radius 3 is 2.38 bits per heavy atom.